The van der Waals surface area contributed by atoms with Crippen LogP contribution in [-0.2, 0) is 11.3 Å². The molecule has 2 aliphatic rings. The smallest absolute Gasteiger partial charge is 0.228 e. The lowest BCUT2D eigenvalue weighted by Gasteiger charge is -2.37. The van der Waals surface area contributed by atoms with E-state index in [4.69, 9.17) is 0 Å². The van der Waals surface area contributed by atoms with Crippen molar-refractivity contribution in [2.24, 2.45) is 11.3 Å². The first-order chi connectivity index (χ1) is 10.7. The number of benzene rings is 1. The third-order valence-electron chi connectivity index (χ3n) is 5.17. The molecule has 3 rings (SSSR count). The number of carbonyl (C=O) groups is 1. The van der Waals surface area contributed by atoms with E-state index in [0.29, 0.717) is 12.5 Å². The molecule has 1 saturated carbocycles. The molecule has 0 radical (unpaired) electrons. The number of hydrogen-bond acceptors (Lipinski definition) is 3. The number of hydrogen-bond donors (Lipinski definition) is 2. The van der Waals surface area contributed by atoms with Crippen molar-refractivity contribution in [2.75, 3.05) is 19.3 Å². The normalized spacial score (nSPS) is 27.5. The van der Waals surface area contributed by atoms with Crippen LogP contribution in [0.5, 0.6) is 0 Å². The lowest BCUT2D eigenvalue weighted by Crippen LogP contribution is -2.47. The van der Waals surface area contributed by atoms with Crippen LogP contribution in [0.4, 0.5) is 4.39 Å². The first-order valence-corrected chi connectivity index (χ1v) is 9.19. The fourth-order valence-corrected chi connectivity index (χ4v) is 4.52. The van der Waals surface area contributed by atoms with Gasteiger partial charge >= 0.3 is 0 Å². The Kier molecular flexibility index (Phi) is 4.73. The molecule has 0 aromatic heterocycles. The van der Waals surface area contributed by atoms with Crippen LogP contribution in [0.25, 0.3) is 0 Å². The number of amides is 1. The zero-order chi connectivity index (χ0) is 15.6. The molecule has 2 atom stereocenters. The van der Waals surface area contributed by atoms with E-state index < -0.39 is 0 Å². The molecular formula is C17H23FN2OS. The second-order valence-electron chi connectivity index (χ2n) is 6.37. The summed E-state index contributed by atoms with van der Waals surface area (Å²) in [5, 5.41) is 6.46. The van der Waals surface area contributed by atoms with Crippen LogP contribution in [0.1, 0.15) is 31.2 Å². The van der Waals surface area contributed by atoms with E-state index in [1.54, 1.807) is 17.8 Å². The number of rotatable bonds is 4. The first-order valence-electron chi connectivity index (χ1n) is 7.97. The molecular weight excluding hydrogens is 299 g/mol. The van der Waals surface area contributed by atoms with Gasteiger partial charge in [0.25, 0.3) is 0 Å². The molecule has 1 saturated heterocycles. The number of carbonyl (C=O) groups excluding carboxylic acids is 1. The molecule has 1 aliphatic carbocycles. The van der Waals surface area contributed by atoms with Crippen LogP contribution in [0.3, 0.4) is 0 Å². The monoisotopic (exact) mass is 322 g/mol. The van der Waals surface area contributed by atoms with Gasteiger partial charge in [-0.2, -0.15) is 0 Å². The number of fused-ring (bicyclic) bond motifs is 1. The summed E-state index contributed by atoms with van der Waals surface area (Å²) in [5.74, 6) is 0.339. The Hall–Kier alpha value is -1.07. The lowest BCUT2D eigenvalue weighted by atomic mass is 9.67. The SMILES string of the molecule is CSc1ccc(F)cc1CNC(=O)[C@@]12CCCC[C@H]1CNC2. The van der Waals surface area contributed by atoms with Gasteiger partial charge in [0.15, 0.2) is 0 Å². The molecule has 0 spiro atoms. The predicted molar refractivity (Wildman–Crippen MR) is 87.3 cm³/mol. The number of nitrogens with one attached hydrogen (secondary N) is 2. The fourth-order valence-electron chi connectivity index (χ4n) is 3.93. The van der Waals surface area contributed by atoms with E-state index in [0.717, 1.165) is 42.8 Å². The third kappa shape index (κ3) is 2.88. The molecule has 22 heavy (non-hydrogen) atoms. The molecule has 1 aromatic rings. The predicted octanol–water partition coefficient (Wildman–Crippen LogP) is 2.94. The van der Waals surface area contributed by atoms with Crippen LogP contribution in [-0.4, -0.2) is 25.3 Å². The average Bonchev–Trinajstić information content (AvgIpc) is 2.98. The van der Waals surface area contributed by atoms with Crippen molar-refractivity contribution in [2.45, 2.75) is 37.1 Å². The quantitative estimate of drug-likeness (QED) is 0.838. The van der Waals surface area contributed by atoms with Gasteiger partial charge in [0.05, 0.1) is 5.41 Å². The lowest BCUT2D eigenvalue weighted by molar-refractivity contribution is -0.134. The molecule has 1 amide bonds. The maximum Gasteiger partial charge on any atom is 0.228 e. The summed E-state index contributed by atoms with van der Waals surface area (Å²) in [6.45, 7) is 2.13. The molecule has 5 heteroatoms. The van der Waals surface area contributed by atoms with Crippen LogP contribution in [0.15, 0.2) is 23.1 Å². The van der Waals surface area contributed by atoms with Crippen molar-refractivity contribution in [1.29, 1.82) is 0 Å². The Morgan fingerprint density at radius 3 is 3.18 bits per heavy atom. The second-order valence-corrected chi connectivity index (χ2v) is 7.22. The van der Waals surface area contributed by atoms with Crippen molar-refractivity contribution >= 4 is 17.7 Å². The third-order valence-corrected chi connectivity index (χ3v) is 6.01. The highest BCUT2D eigenvalue weighted by molar-refractivity contribution is 7.98. The van der Waals surface area contributed by atoms with Crippen molar-refractivity contribution in [3.05, 3.63) is 29.6 Å². The van der Waals surface area contributed by atoms with Crippen LogP contribution in [0.2, 0.25) is 0 Å². The van der Waals surface area contributed by atoms with Crippen molar-refractivity contribution < 1.29 is 9.18 Å². The summed E-state index contributed by atoms with van der Waals surface area (Å²) in [6, 6.07) is 4.77. The van der Waals surface area contributed by atoms with Gasteiger partial charge in [-0.05, 0) is 55.3 Å². The minimum absolute atomic E-state index is 0.138. The van der Waals surface area contributed by atoms with Crippen LogP contribution in [0, 0.1) is 17.2 Å². The van der Waals surface area contributed by atoms with Gasteiger partial charge in [-0.3, -0.25) is 4.79 Å². The molecule has 2 N–H and O–H groups in total. The Labute approximate surface area is 135 Å². The van der Waals surface area contributed by atoms with Gasteiger partial charge in [-0.25, -0.2) is 4.39 Å². The van der Waals surface area contributed by atoms with Gasteiger partial charge in [-0.15, -0.1) is 11.8 Å². The maximum atomic E-state index is 13.4. The van der Waals surface area contributed by atoms with E-state index in [2.05, 4.69) is 10.6 Å². The highest BCUT2D eigenvalue weighted by Crippen LogP contribution is 2.44. The maximum absolute atomic E-state index is 13.4. The molecule has 3 nitrogen and oxygen atoms in total. The average molecular weight is 322 g/mol. The first kappa shape index (κ1) is 15.8. The fraction of sp³-hybridized carbons (Fsp3) is 0.588. The topological polar surface area (TPSA) is 41.1 Å². The molecule has 1 aliphatic heterocycles. The summed E-state index contributed by atoms with van der Waals surface area (Å²) in [6.07, 6.45) is 6.42. The second kappa shape index (κ2) is 6.59. The summed E-state index contributed by atoms with van der Waals surface area (Å²) >= 11 is 1.58. The van der Waals surface area contributed by atoms with Gasteiger partial charge in [0.2, 0.25) is 5.91 Å². The minimum atomic E-state index is -0.252. The van der Waals surface area contributed by atoms with Crippen LogP contribution < -0.4 is 10.6 Å². The van der Waals surface area contributed by atoms with E-state index in [1.165, 1.54) is 18.6 Å². The highest BCUT2D eigenvalue weighted by atomic mass is 32.2. The molecule has 0 unspecified atom stereocenters. The van der Waals surface area contributed by atoms with E-state index in [1.807, 2.05) is 6.26 Å². The van der Waals surface area contributed by atoms with E-state index in [-0.39, 0.29) is 17.1 Å². The van der Waals surface area contributed by atoms with E-state index >= 15 is 0 Å². The Balaban J connectivity index is 1.71. The van der Waals surface area contributed by atoms with Gasteiger partial charge < -0.3 is 10.6 Å². The molecule has 1 heterocycles. The largest absolute Gasteiger partial charge is 0.351 e. The standard InChI is InChI=1S/C17H23FN2OS/c1-22-15-6-5-14(18)8-12(15)9-20-16(21)17-7-3-2-4-13(17)10-19-11-17/h5-6,8,13,19H,2-4,7,9-11H2,1H3,(H,20,21)/t13-,17+/m0/s1. The van der Waals surface area contributed by atoms with Crippen molar-refractivity contribution in [3.8, 4) is 0 Å². The Bertz CT molecular complexity index is 566. The molecule has 2 fully saturated rings. The van der Waals surface area contributed by atoms with Gasteiger partial charge in [-0.1, -0.05) is 12.8 Å². The molecule has 0 bridgehead atoms. The number of thioether (sulfide) groups is 1. The number of halogens is 1. The summed E-state index contributed by atoms with van der Waals surface area (Å²) < 4.78 is 13.4. The zero-order valence-corrected chi connectivity index (χ0v) is 13.8. The van der Waals surface area contributed by atoms with Gasteiger partial charge in [0.1, 0.15) is 5.82 Å². The van der Waals surface area contributed by atoms with Crippen LogP contribution >= 0.6 is 11.8 Å². The summed E-state index contributed by atoms with van der Waals surface area (Å²) in [7, 11) is 0. The minimum Gasteiger partial charge on any atom is -0.351 e. The van der Waals surface area contributed by atoms with E-state index in [9.17, 15) is 9.18 Å². The van der Waals surface area contributed by atoms with Gasteiger partial charge in [0, 0.05) is 18.0 Å². The zero-order valence-electron chi connectivity index (χ0n) is 13.0. The molecule has 120 valence electrons. The Morgan fingerprint density at radius 1 is 1.50 bits per heavy atom. The van der Waals surface area contributed by atoms with Crippen molar-refractivity contribution in [3.63, 3.8) is 0 Å². The van der Waals surface area contributed by atoms with Crippen molar-refractivity contribution in [1.82, 2.24) is 10.6 Å². The summed E-state index contributed by atoms with van der Waals surface area (Å²) in [4.78, 5) is 13.8. The highest BCUT2D eigenvalue weighted by Gasteiger charge is 2.49. The summed E-state index contributed by atoms with van der Waals surface area (Å²) in [5.41, 5.74) is 0.612. The Morgan fingerprint density at radius 2 is 2.36 bits per heavy atom. The molecule has 1 aromatic carbocycles.